The topological polar surface area (TPSA) is 60.4 Å². The van der Waals surface area contributed by atoms with E-state index in [0.717, 1.165) is 31.6 Å². The lowest BCUT2D eigenvalue weighted by Gasteiger charge is -2.37. The molecule has 7 nitrogen and oxygen atoms in total. The van der Waals surface area contributed by atoms with E-state index in [1.165, 1.54) is 0 Å². The maximum Gasteiger partial charge on any atom is 0.406 e. The van der Waals surface area contributed by atoms with Gasteiger partial charge in [0.2, 0.25) is 5.91 Å². The summed E-state index contributed by atoms with van der Waals surface area (Å²) >= 11 is 0. The van der Waals surface area contributed by atoms with Crippen LogP contribution in [0.1, 0.15) is 0 Å². The van der Waals surface area contributed by atoms with Gasteiger partial charge in [-0.2, -0.15) is 13.2 Å². The number of ether oxygens (including phenoxy) is 1. The molecule has 1 fully saturated rings. The Morgan fingerprint density at radius 2 is 1.82 bits per heavy atom. The minimum atomic E-state index is -4.41. The summed E-state index contributed by atoms with van der Waals surface area (Å²) in [6.45, 7) is 1.37. The normalized spacial score (nSPS) is 15.4. The Kier molecular flexibility index (Phi) is 7.36. The number of alkyl halides is 3. The maximum atomic E-state index is 12.4. The van der Waals surface area contributed by atoms with Crippen molar-refractivity contribution in [1.29, 1.82) is 0 Å². The molecule has 156 valence electrons. The van der Waals surface area contributed by atoms with Crippen molar-refractivity contribution in [3.05, 3.63) is 24.3 Å². The number of nitrogens with zero attached hydrogens (tertiary/aromatic N) is 4. The van der Waals surface area contributed by atoms with Crippen LogP contribution in [-0.2, 0) is 4.79 Å². The molecule has 1 amide bonds. The van der Waals surface area contributed by atoms with Crippen molar-refractivity contribution in [2.24, 2.45) is 4.99 Å². The first-order valence-corrected chi connectivity index (χ1v) is 8.89. The summed E-state index contributed by atoms with van der Waals surface area (Å²) in [7, 11) is 4.34. The highest BCUT2D eigenvalue weighted by molar-refractivity contribution is 5.86. The minimum Gasteiger partial charge on any atom is -0.497 e. The first-order valence-electron chi connectivity index (χ1n) is 8.89. The fourth-order valence-electron chi connectivity index (χ4n) is 2.95. The van der Waals surface area contributed by atoms with Crippen LogP contribution >= 0.6 is 0 Å². The van der Waals surface area contributed by atoms with E-state index in [4.69, 9.17) is 4.74 Å². The smallest absolute Gasteiger partial charge is 0.406 e. The third-order valence-electron chi connectivity index (χ3n) is 4.47. The molecule has 0 aliphatic carbocycles. The predicted octanol–water partition coefficient (Wildman–Crippen LogP) is 1.41. The summed E-state index contributed by atoms with van der Waals surface area (Å²) in [5.41, 5.74) is 1.09. The number of anilines is 1. The lowest BCUT2D eigenvalue weighted by atomic mass is 10.2. The van der Waals surface area contributed by atoms with E-state index < -0.39 is 18.6 Å². The van der Waals surface area contributed by atoms with Gasteiger partial charge in [-0.1, -0.05) is 0 Å². The van der Waals surface area contributed by atoms with E-state index in [2.05, 4.69) is 15.2 Å². The highest BCUT2D eigenvalue weighted by Crippen LogP contribution is 2.20. The average molecular weight is 401 g/mol. The predicted molar refractivity (Wildman–Crippen MR) is 102 cm³/mol. The van der Waals surface area contributed by atoms with Crippen molar-refractivity contribution in [2.45, 2.75) is 6.18 Å². The zero-order valence-electron chi connectivity index (χ0n) is 16.3. The quantitative estimate of drug-likeness (QED) is 0.597. The molecule has 1 aromatic carbocycles. The van der Waals surface area contributed by atoms with E-state index in [0.29, 0.717) is 23.9 Å². The molecule has 2 rings (SSSR count). The van der Waals surface area contributed by atoms with E-state index in [9.17, 15) is 18.0 Å². The van der Waals surface area contributed by atoms with Gasteiger partial charge in [0.25, 0.3) is 0 Å². The van der Waals surface area contributed by atoms with E-state index >= 15 is 0 Å². The molecule has 1 aliphatic heterocycles. The number of piperazine rings is 1. The summed E-state index contributed by atoms with van der Waals surface area (Å²) in [6.07, 6.45) is -4.41. The molecule has 1 heterocycles. The Morgan fingerprint density at radius 3 is 2.32 bits per heavy atom. The summed E-state index contributed by atoms with van der Waals surface area (Å²) in [5.74, 6) is 0.658. The van der Waals surface area contributed by atoms with Crippen LogP contribution in [0.4, 0.5) is 18.9 Å². The van der Waals surface area contributed by atoms with Gasteiger partial charge in [-0.05, 0) is 24.3 Å². The SMILES string of the molecule is CN=C(NCC(=O)N(C)CC(F)(F)F)N1CCN(c2ccc(OC)cc2)CC1. The standard InChI is InChI=1S/C18H26F3N5O2/c1-22-17(23-12-16(27)24(2)13-18(19,20)21)26-10-8-25(9-11-26)14-4-6-15(28-3)7-5-14/h4-7H,8-13H2,1-3H3,(H,22,23). The van der Waals surface area contributed by atoms with Crippen LogP contribution in [0.3, 0.4) is 0 Å². The molecular weight excluding hydrogens is 375 g/mol. The molecule has 1 aromatic rings. The van der Waals surface area contributed by atoms with Crippen molar-refractivity contribution in [1.82, 2.24) is 15.1 Å². The van der Waals surface area contributed by atoms with E-state index in [1.54, 1.807) is 14.2 Å². The number of amides is 1. The van der Waals surface area contributed by atoms with Gasteiger partial charge in [-0.15, -0.1) is 0 Å². The number of hydrogen-bond donors (Lipinski definition) is 1. The second kappa shape index (κ2) is 9.52. The van der Waals surface area contributed by atoms with Crippen LogP contribution in [0.2, 0.25) is 0 Å². The third kappa shape index (κ3) is 6.21. The second-order valence-electron chi connectivity index (χ2n) is 6.44. The average Bonchev–Trinajstić information content (AvgIpc) is 2.67. The van der Waals surface area contributed by atoms with Gasteiger partial charge in [0, 0.05) is 46.0 Å². The third-order valence-corrected chi connectivity index (χ3v) is 4.47. The number of methoxy groups -OCH3 is 1. The van der Waals surface area contributed by atoms with Crippen molar-refractivity contribution in [3.63, 3.8) is 0 Å². The Hall–Kier alpha value is -2.65. The van der Waals surface area contributed by atoms with Crippen molar-refractivity contribution in [2.75, 3.05) is 65.4 Å². The monoisotopic (exact) mass is 401 g/mol. The molecule has 1 N–H and O–H groups in total. The van der Waals surface area contributed by atoms with Gasteiger partial charge in [0.1, 0.15) is 12.3 Å². The zero-order chi connectivity index (χ0) is 20.7. The summed E-state index contributed by atoms with van der Waals surface area (Å²) < 4.78 is 42.3. The first-order chi connectivity index (χ1) is 13.2. The first kappa shape index (κ1) is 21.6. The van der Waals surface area contributed by atoms with Crippen molar-refractivity contribution < 1.29 is 22.7 Å². The van der Waals surface area contributed by atoms with E-state index in [1.807, 2.05) is 29.2 Å². The Balaban J connectivity index is 1.83. The molecule has 1 aliphatic rings. The van der Waals surface area contributed by atoms with Crippen molar-refractivity contribution in [3.8, 4) is 5.75 Å². The number of halogens is 3. The van der Waals surface area contributed by atoms with Crippen LogP contribution in [0.25, 0.3) is 0 Å². The van der Waals surface area contributed by atoms with E-state index in [-0.39, 0.29) is 6.54 Å². The molecule has 0 aromatic heterocycles. The molecular formula is C18H26F3N5O2. The second-order valence-corrected chi connectivity index (χ2v) is 6.44. The zero-order valence-corrected chi connectivity index (χ0v) is 16.3. The number of aliphatic imine (C=N–C) groups is 1. The maximum absolute atomic E-state index is 12.4. The van der Waals surface area contributed by atoms with Crippen LogP contribution < -0.4 is 15.0 Å². The van der Waals surface area contributed by atoms with Gasteiger partial charge < -0.3 is 24.8 Å². The number of guanidine groups is 1. The minimum absolute atomic E-state index is 0.238. The number of rotatable bonds is 5. The molecule has 28 heavy (non-hydrogen) atoms. The molecule has 0 spiro atoms. The van der Waals surface area contributed by atoms with Gasteiger partial charge in [0.05, 0.1) is 13.7 Å². The molecule has 0 bridgehead atoms. The molecule has 0 atom stereocenters. The largest absolute Gasteiger partial charge is 0.497 e. The molecule has 1 saturated heterocycles. The Bertz CT molecular complexity index is 671. The fraction of sp³-hybridized carbons (Fsp3) is 0.556. The highest BCUT2D eigenvalue weighted by Gasteiger charge is 2.31. The van der Waals surface area contributed by atoms with Crippen molar-refractivity contribution >= 4 is 17.6 Å². The lowest BCUT2D eigenvalue weighted by Crippen LogP contribution is -2.54. The molecule has 0 unspecified atom stereocenters. The summed E-state index contributed by atoms with van der Waals surface area (Å²) in [4.78, 5) is 20.9. The van der Waals surface area contributed by atoms with Gasteiger partial charge in [0.15, 0.2) is 5.96 Å². The van der Waals surface area contributed by atoms with Crippen LogP contribution in [-0.4, -0.2) is 88.3 Å². The van der Waals surface area contributed by atoms with Gasteiger partial charge in [-0.25, -0.2) is 0 Å². The van der Waals surface area contributed by atoms with Crippen LogP contribution in [0, 0.1) is 0 Å². The molecule has 0 radical (unpaired) electrons. The number of carbonyl (C=O) groups excluding carboxylic acids is 1. The summed E-state index contributed by atoms with van der Waals surface area (Å²) in [5, 5.41) is 2.86. The Labute approximate surface area is 162 Å². The van der Waals surface area contributed by atoms with Gasteiger partial charge in [-0.3, -0.25) is 9.79 Å². The highest BCUT2D eigenvalue weighted by atomic mass is 19.4. The number of carbonyl (C=O) groups is 1. The van der Waals surface area contributed by atoms with Gasteiger partial charge >= 0.3 is 6.18 Å². The number of hydrogen-bond acceptors (Lipinski definition) is 4. The Morgan fingerprint density at radius 1 is 1.21 bits per heavy atom. The number of benzene rings is 1. The molecule has 0 saturated carbocycles. The summed E-state index contributed by atoms with van der Waals surface area (Å²) in [6, 6.07) is 7.81. The van der Waals surface area contributed by atoms with Crippen LogP contribution in [0.15, 0.2) is 29.3 Å². The lowest BCUT2D eigenvalue weighted by molar-refractivity contribution is -0.157. The fourth-order valence-corrected chi connectivity index (χ4v) is 2.95. The van der Waals surface area contributed by atoms with Crippen LogP contribution in [0.5, 0.6) is 5.75 Å². The number of nitrogens with one attached hydrogen (secondary N) is 1. The molecule has 10 heteroatoms. The number of likely N-dealkylation sites (N-methyl/N-ethyl adjacent to an activating group) is 1.